The van der Waals surface area contributed by atoms with Gasteiger partial charge in [-0.05, 0) is 22.5 Å². The van der Waals surface area contributed by atoms with Crippen LogP contribution in [0, 0.1) is 10.8 Å². The first-order valence-electron chi connectivity index (χ1n) is 9.16. The van der Waals surface area contributed by atoms with Crippen LogP contribution in [0.2, 0.25) is 0 Å². The second-order valence-electron chi connectivity index (χ2n) is 8.65. The summed E-state index contributed by atoms with van der Waals surface area (Å²) in [6.07, 6.45) is 0. The highest BCUT2D eigenvalue weighted by molar-refractivity contribution is 8.57. The molecule has 0 radical (unpaired) electrons. The first-order valence-corrected chi connectivity index (χ1v) is 15.5. The second-order valence-corrected chi connectivity index (χ2v) is 16.9. The van der Waals surface area contributed by atoms with Crippen LogP contribution >= 0.6 is 36.7 Å². The van der Waals surface area contributed by atoms with Crippen molar-refractivity contribution in [2.45, 2.75) is 39.2 Å². The molecule has 1 N–H and O–H groups in total. The van der Waals surface area contributed by atoms with Gasteiger partial charge in [-0.25, -0.2) is 4.57 Å². The fourth-order valence-electron chi connectivity index (χ4n) is 2.47. The minimum absolute atomic E-state index is 0.0813. The van der Waals surface area contributed by atoms with Gasteiger partial charge in [-0.3, -0.25) is 0 Å². The van der Waals surface area contributed by atoms with Crippen molar-refractivity contribution in [2.24, 2.45) is 10.8 Å². The Morgan fingerprint density at radius 2 is 1.46 bits per heavy atom. The maximum Gasteiger partial charge on any atom is 0.478 e. The van der Waals surface area contributed by atoms with Crippen molar-refractivity contribution in [1.82, 2.24) is 0 Å². The maximum atomic E-state index is 12.8. The SMILES string of the molecule is CC1(C)COP(=O)(SCc2ccccc2CS[P+]2(O)OCC(C)(C)CO2)OC1. The third-order valence-electron chi connectivity index (χ3n) is 4.34. The van der Waals surface area contributed by atoms with Crippen molar-refractivity contribution >= 4 is 36.7 Å². The monoisotopic (exact) mass is 467 g/mol. The quantitative estimate of drug-likeness (QED) is 0.505. The molecule has 6 nitrogen and oxygen atoms in total. The van der Waals surface area contributed by atoms with E-state index in [0.717, 1.165) is 11.1 Å². The molecule has 2 fully saturated rings. The smallest absolute Gasteiger partial charge is 0.300 e. The summed E-state index contributed by atoms with van der Waals surface area (Å²) in [5.74, 6) is 1.07. The third-order valence-corrected chi connectivity index (χ3v) is 11.6. The molecule has 3 rings (SSSR count). The average Bonchev–Trinajstić information content (AvgIpc) is 2.65. The maximum absolute atomic E-state index is 12.8. The minimum atomic E-state index is -3.13. The topological polar surface area (TPSA) is 74.2 Å². The molecule has 1 aromatic carbocycles. The van der Waals surface area contributed by atoms with Gasteiger partial charge in [0.05, 0.1) is 19.0 Å². The third kappa shape index (κ3) is 6.44. The molecule has 0 amide bonds. The Hall–Kier alpha value is 0.380. The highest BCUT2D eigenvalue weighted by atomic mass is 32.7. The van der Waals surface area contributed by atoms with Gasteiger partial charge in [0.25, 0.3) is 0 Å². The van der Waals surface area contributed by atoms with Gasteiger partial charge in [0.1, 0.15) is 24.6 Å². The van der Waals surface area contributed by atoms with Crippen molar-refractivity contribution in [1.29, 1.82) is 0 Å². The van der Waals surface area contributed by atoms with E-state index in [4.69, 9.17) is 18.1 Å². The van der Waals surface area contributed by atoms with Gasteiger partial charge in [-0.1, -0.05) is 52.0 Å². The molecule has 2 saturated heterocycles. The van der Waals surface area contributed by atoms with E-state index in [1.165, 1.54) is 22.8 Å². The first kappa shape index (κ1) is 23.1. The number of benzene rings is 1. The molecule has 0 aliphatic carbocycles. The fourth-order valence-corrected chi connectivity index (χ4v) is 9.44. The van der Waals surface area contributed by atoms with Gasteiger partial charge in [0.2, 0.25) is 0 Å². The summed E-state index contributed by atoms with van der Waals surface area (Å²) in [5, 5.41) is 0. The predicted molar refractivity (Wildman–Crippen MR) is 117 cm³/mol. The molecule has 2 aliphatic heterocycles. The summed E-state index contributed by atoms with van der Waals surface area (Å²) in [4.78, 5) is 10.6. The minimum Gasteiger partial charge on any atom is -0.300 e. The van der Waals surface area contributed by atoms with Gasteiger partial charge in [0.15, 0.2) is 0 Å². The standard InChI is InChI=1S/C18H29O6P2S2/c1-17(2)11-21-25(19,22-12-17)27-9-15-7-5-6-8-16(15)10-28-26(20)23-13-18(3,4)14-24-26/h5-8,19H,9-14H2,1-4H3/q+1. The van der Waals surface area contributed by atoms with Gasteiger partial charge in [-0.15, -0.1) is 0 Å². The van der Waals surface area contributed by atoms with E-state index in [9.17, 15) is 9.46 Å². The molecular formula is C18H29O6P2S2+. The normalized spacial score (nSPS) is 25.3. The molecule has 28 heavy (non-hydrogen) atoms. The lowest BCUT2D eigenvalue weighted by Crippen LogP contribution is -2.30. The number of rotatable bonds is 6. The Morgan fingerprint density at radius 3 is 2.04 bits per heavy atom. The van der Waals surface area contributed by atoms with E-state index < -0.39 is 13.9 Å². The van der Waals surface area contributed by atoms with Crippen LogP contribution in [0.5, 0.6) is 0 Å². The van der Waals surface area contributed by atoms with Gasteiger partial charge < -0.3 is 9.05 Å². The van der Waals surface area contributed by atoms with Crippen LogP contribution in [-0.4, -0.2) is 31.3 Å². The Bertz CT molecular complexity index is 719. The van der Waals surface area contributed by atoms with E-state index in [2.05, 4.69) is 0 Å². The largest absolute Gasteiger partial charge is 0.478 e. The molecule has 0 atom stereocenters. The van der Waals surface area contributed by atoms with Crippen molar-refractivity contribution in [2.75, 3.05) is 26.4 Å². The Kier molecular flexibility index (Phi) is 7.29. The Balaban J connectivity index is 1.57. The van der Waals surface area contributed by atoms with E-state index in [1.54, 1.807) is 0 Å². The second kappa shape index (κ2) is 8.86. The number of hydrogen-bond acceptors (Lipinski definition) is 8. The molecular weight excluding hydrogens is 438 g/mol. The van der Waals surface area contributed by atoms with Gasteiger partial charge in [-0.2, -0.15) is 13.9 Å². The molecule has 0 saturated carbocycles. The zero-order valence-corrected chi connectivity index (χ0v) is 20.2. The van der Waals surface area contributed by atoms with Crippen molar-refractivity contribution in [3.05, 3.63) is 35.4 Å². The summed E-state index contributed by atoms with van der Waals surface area (Å²) in [7, 11) is -2.90. The van der Waals surface area contributed by atoms with Crippen molar-refractivity contribution < 1.29 is 27.6 Å². The first-order chi connectivity index (χ1) is 13.0. The van der Waals surface area contributed by atoms with Crippen molar-refractivity contribution in [3.8, 4) is 0 Å². The summed E-state index contributed by atoms with van der Waals surface area (Å²) in [6.45, 7) is 6.83. The average molecular weight is 468 g/mol. The Morgan fingerprint density at radius 1 is 0.964 bits per heavy atom. The molecule has 2 heterocycles. The zero-order valence-electron chi connectivity index (χ0n) is 16.8. The van der Waals surface area contributed by atoms with E-state index in [1.807, 2.05) is 52.0 Å². The fraction of sp³-hybridized carbons (Fsp3) is 0.667. The molecule has 0 bridgehead atoms. The molecule has 10 heteroatoms. The molecule has 2 aliphatic rings. The van der Waals surface area contributed by atoms with Crippen molar-refractivity contribution in [3.63, 3.8) is 0 Å². The Labute approximate surface area is 176 Å². The highest BCUT2D eigenvalue weighted by Gasteiger charge is 2.50. The van der Waals surface area contributed by atoms with E-state index in [-0.39, 0.29) is 10.8 Å². The van der Waals surface area contributed by atoms with E-state index in [0.29, 0.717) is 37.9 Å². The zero-order chi connectivity index (χ0) is 20.5. The molecule has 0 spiro atoms. The van der Waals surface area contributed by atoms with Crippen LogP contribution in [-0.2, 0) is 34.2 Å². The van der Waals surface area contributed by atoms with Gasteiger partial charge >= 0.3 is 13.9 Å². The van der Waals surface area contributed by atoms with E-state index >= 15 is 0 Å². The van der Waals surface area contributed by atoms with Gasteiger partial charge in [0, 0.05) is 16.6 Å². The molecule has 0 unspecified atom stereocenters. The lowest BCUT2D eigenvalue weighted by Gasteiger charge is -2.33. The van der Waals surface area contributed by atoms with Crippen LogP contribution < -0.4 is 0 Å². The van der Waals surface area contributed by atoms with Crippen LogP contribution in [0.25, 0.3) is 0 Å². The van der Waals surface area contributed by atoms with Crippen LogP contribution in [0.1, 0.15) is 38.8 Å². The lowest BCUT2D eigenvalue weighted by atomic mass is 9.97. The summed E-state index contributed by atoms with van der Waals surface area (Å²) in [5.41, 5.74) is 1.89. The lowest BCUT2D eigenvalue weighted by molar-refractivity contribution is 0.0356. The molecule has 0 aromatic heterocycles. The molecule has 1 aromatic rings. The molecule has 158 valence electrons. The number of hydrogen-bond donors (Lipinski definition) is 1. The van der Waals surface area contributed by atoms with Crippen LogP contribution in [0.4, 0.5) is 0 Å². The summed E-state index contributed by atoms with van der Waals surface area (Å²) >= 11 is 2.52. The summed E-state index contributed by atoms with van der Waals surface area (Å²) in [6, 6.07) is 7.91. The predicted octanol–water partition coefficient (Wildman–Crippen LogP) is 6.08. The highest BCUT2D eigenvalue weighted by Crippen LogP contribution is 2.72. The van der Waals surface area contributed by atoms with Crippen LogP contribution in [0.15, 0.2) is 24.3 Å². The summed E-state index contributed by atoms with van der Waals surface area (Å²) < 4.78 is 35.2. The van der Waals surface area contributed by atoms with Crippen LogP contribution in [0.3, 0.4) is 0 Å².